The molecule has 0 saturated carbocycles. The van der Waals surface area contributed by atoms with Crippen LogP contribution in [0, 0.1) is 0 Å². The highest BCUT2D eigenvalue weighted by molar-refractivity contribution is 5.78. The van der Waals surface area contributed by atoms with Gasteiger partial charge in [-0.05, 0) is 50.8 Å². The Kier molecular flexibility index (Phi) is 7.78. The van der Waals surface area contributed by atoms with Gasteiger partial charge < -0.3 is 9.47 Å². The number of ketones is 1. The van der Waals surface area contributed by atoms with Gasteiger partial charge in [-0.2, -0.15) is 0 Å². The maximum atomic E-state index is 11.5. The predicted octanol–water partition coefficient (Wildman–Crippen LogP) is 4.18. The molecule has 0 amide bonds. The zero-order valence-electron chi connectivity index (χ0n) is 12.9. The SMILES string of the molecule is CCCC(=O)CCCc1ccc(OCC)c(OCC)c1. The molecular formula is C17H26O3. The molecule has 0 aliphatic carbocycles. The summed E-state index contributed by atoms with van der Waals surface area (Å²) >= 11 is 0. The molecule has 0 unspecified atom stereocenters. The third kappa shape index (κ3) is 5.64. The fraction of sp³-hybridized carbons (Fsp3) is 0.588. The van der Waals surface area contributed by atoms with E-state index in [1.54, 1.807) is 0 Å². The molecule has 0 spiro atoms. The molecule has 0 bridgehead atoms. The van der Waals surface area contributed by atoms with Crippen molar-refractivity contribution >= 4 is 5.78 Å². The molecule has 0 aliphatic heterocycles. The van der Waals surface area contributed by atoms with Gasteiger partial charge in [0.25, 0.3) is 0 Å². The van der Waals surface area contributed by atoms with E-state index >= 15 is 0 Å². The first-order valence-electron chi connectivity index (χ1n) is 7.61. The second kappa shape index (κ2) is 9.40. The van der Waals surface area contributed by atoms with Crippen LogP contribution in [0.1, 0.15) is 52.0 Å². The Hall–Kier alpha value is -1.51. The minimum absolute atomic E-state index is 0.364. The molecule has 3 nitrogen and oxygen atoms in total. The van der Waals surface area contributed by atoms with E-state index in [1.165, 1.54) is 5.56 Å². The summed E-state index contributed by atoms with van der Waals surface area (Å²) in [4.78, 5) is 11.5. The monoisotopic (exact) mass is 278 g/mol. The van der Waals surface area contributed by atoms with Gasteiger partial charge in [0.2, 0.25) is 0 Å². The second-order valence-electron chi connectivity index (χ2n) is 4.79. The van der Waals surface area contributed by atoms with Crippen molar-refractivity contribution in [2.45, 2.75) is 52.9 Å². The molecule has 0 atom stereocenters. The van der Waals surface area contributed by atoms with E-state index in [0.717, 1.165) is 30.8 Å². The number of rotatable bonds is 10. The summed E-state index contributed by atoms with van der Waals surface area (Å²) in [5.74, 6) is 1.95. The highest BCUT2D eigenvalue weighted by Crippen LogP contribution is 2.29. The molecular weight excluding hydrogens is 252 g/mol. The van der Waals surface area contributed by atoms with Crippen molar-refractivity contribution in [2.24, 2.45) is 0 Å². The maximum Gasteiger partial charge on any atom is 0.161 e. The van der Waals surface area contributed by atoms with Gasteiger partial charge in [0.1, 0.15) is 5.78 Å². The van der Waals surface area contributed by atoms with Crippen LogP contribution in [-0.2, 0) is 11.2 Å². The van der Waals surface area contributed by atoms with Crippen molar-refractivity contribution in [3.05, 3.63) is 23.8 Å². The zero-order chi connectivity index (χ0) is 14.8. The van der Waals surface area contributed by atoms with Crippen molar-refractivity contribution in [2.75, 3.05) is 13.2 Å². The molecule has 0 radical (unpaired) electrons. The minimum atomic E-state index is 0.364. The lowest BCUT2D eigenvalue weighted by Gasteiger charge is -2.12. The zero-order valence-corrected chi connectivity index (χ0v) is 12.9. The number of hydrogen-bond donors (Lipinski definition) is 0. The van der Waals surface area contributed by atoms with Crippen molar-refractivity contribution in [1.82, 2.24) is 0 Å². The lowest BCUT2D eigenvalue weighted by Crippen LogP contribution is -2.00. The molecule has 1 aromatic rings. The fourth-order valence-corrected chi connectivity index (χ4v) is 2.14. The molecule has 1 aromatic carbocycles. The van der Waals surface area contributed by atoms with E-state index in [2.05, 4.69) is 6.07 Å². The Bertz CT molecular complexity index is 413. The lowest BCUT2D eigenvalue weighted by atomic mass is 10.0. The van der Waals surface area contributed by atoms with E-state index in [-0.39, 0.29) is 0 Å². The molecule has 20 heavy (non-hydrogen) atoms. The van der Waals surface area contributed by atoms with E-state index in [4.69, 9.17) is 9.47 Å². The highest BCUT2D eigenvalue weighted by atomic mass is 16.5. The van der Waals surface area contributed by atoms with Gasteiger partial charge in [-0.25, -0.2) is 0 Å². The van der Waals surface area contributed by atoms with Crippen molar-refractivity contribution in [3.8, 4) is 11.5 Å². The quantitative estimate of drug-likeness (QED) is 0.644. The van der Waals surface area contributed by atoms with Crippen molar-refractivity contribution < 1.29 is 14.3 Å². The Morgan fingerprint density at radius 3 is 2.35 bits per heavy atom. The standard InChI is InChI=1S/C17H26O3/c1-4-8-15(18)10-7-9-14-11-12-16(19-5-2)17(13-14)20-6-3/h11-13H,4-10H2,1-3H3. The number of carbonyl (C=O) groups is 1. The smallest absolute Gasteiger partial charge is 0.161 e. The number of carbonyl (C=O) groups excluding carboxylic acids is 1. The number of Topliss-reactive ketones (excluding diaryl/α,β-unsaturated/α-hetero) is 1. The average molecular weight is 278 g/mol. The molecule has 3 heteroatoms. The van der Waals surface area contributed by atoms with Crippen LogP contribution in [0.3, 0.4) is 0 Å². The van der Waals surface area contributed by atoms with Gasteiger partial charge in [-0.1, -0.05) is 13.0 Å². The third-order valence-corrected chi connectivity index (χ3v) is 3.06. The van der Waals surface area contributed by atoms with E-state index in [1.807, 2.05) is 32.9 Å². The molecule has 0 N–H and O–H groups in total. The van der Waals surface area contributed by atoms with Gasteiger partial charge >= 0.3 is 0 Å². The first-order chi connectivity index (χ1) is 9.71. The largest absolute Gasteiger partial charge is 0.490 e. The van der Waals surface area contributed by atoms with Gasteiger partial charge in [-0.3, -0.25) is 4.79 Å². The molecule has 0 aliphatic rings. The highest BCUT2D eigenvalue weighted by Gasteiger charge is 2.07. The number of benzene rings is 1. The second-order valence-corrected chi connectivity index (χ2v) is 4.79. The van der Waals surface area contributed by atoms with Crippen molar-refractivity contribution in [3.63, 3.8) is 0 Å². The van der Waals surface area contributed by atoms with Crippen LogP contribution < -0.4 is 9.47 Å². The molecule has 1 rings (SSSR count). The summed E-state index contributed by atoms with van der Waals surface area (Å²) in [6, 6.07) is 6.04. The van der Waals surface area contributed by atoms with Crippen LogP contribution in [0.2, 0.25) is 0 Å². The molecule has 0 saturated heterocycles. The topological polar surface area (TPSA) is 35.5 Å². The maximum absolute atomic E-state index is 11.5. The van der Waals surface area contributed by atoms with Gasteiger partial charge in [0, 0.05) is 12.8 Å². The number of ether oxygens (including phenoxy) is 2. The van der Waals surface area contributed by atoms with E-state index in [9.17, 15) is 4.79 Å². The Morgan fingerprint density at radius 1 is 1.00 bits per heavy atom. The Labute approximate surface area is 122 Å². The Balaban J connectivity index is 2.57. The van der Waals surface area contributed by atoms with Gasteiger partial charge in [-0.15, -0.1) is 0 Å². The predicted molar refractivity (Wildman–Crippen MR) is 81.6 cm³/mol. The summed E-state index contributed by atoms with van der Waals surface area (Å²) in [5, 5.41) is 0. The van der Waals surface area contributed by atoms with Crippen LogP contribution in [0.15, 0.2) is 18.2 Å². The summed E-state index contributed by atoms with van der Waals surface area (Å²) in [6.45, 7) is 7.22. The van der Waals surface area contributed by atoms with Crippen LogP contribution in [-0.4, -0.2) is 19.0 Å². The molecule has 0 fully saturated rings. The first kappa shape index (κ1) is 16.5. The number of aryl methyl sites for hydroxylation is 1. The molecule has 0 aromatic heterocycles. The van der Waals surface area contributed by atoms with Gasteiger partial charge in [0.15, 0.2) is 11.5 Å². The van der Waals surface area contributed by atoms with E-state index in [0.29, 0.717) is 31.8 Å². The summed E-state index contributed by atoms with van der Waals surface area (Å²) in [5.41, 5.74) is 1.20. The fourth-order valence-electron chi connectivity index (χ4n) is 2.14. The minimum Gasteiger partial charge on any atom is -0.490 e. The van der Waals surface area contributed by atoms with Crippen LogP contribution >= 0.6 is 0 Å². The van der Waals surface area contributed by atoms with Crippen LogP contribution in [0.25, 0.3) is 0 Å². The van der Waals surface area contributed by atoms with Crippen molar-refractivity contribution in [1.29, 1.82) is 0 Å². The van der Waals surface area contributed by atoms with Gasteiger partial charge in [0.05, 0.1) is 13.2 Å². The summed E-state index contributed by atoms with van der Waals surface area (Å²) < 4.78 is 11.1. The number of hydrogen-bond acceptors (Lipinski definition) is 3. The third-order valence-electron chi connectivity index (χ3n) is 3.06. The molecule has 0 heterocycles. The normalized spacial score (nSPS) is 10.3. The average Bonchev–Trinajstić information content (AvgIpc) is 2.42. The molecule has 112 valence electrons. The first-order valence-corrected chi connectivity index (χ1v) is 7.61. The summed E-state index contributed by atoms with van der Waals surface area (Å²) in [6.07, 6.45) is 4.12. The van der Waals surface area contributed by atoms with E-state index < -0.39 is 0 Å². The lowest BCUT2D eigenvalue weighted by molar-refractivity contribution is -0.119. The Morgan fingerprint density at radius 2 is 1.70 bits per heavy atom. The van der Waals surface area contributed by atoms with Crippen LogP contribution in [0.5, 0.6) is 11.5 Å². The summed E-state index contributed by atoms with van der Waals surface area (Å²) in [7, 11) is 0. The van der Waals surface area contributed by atoms with Crippen LogP contribution in [0.4, 0.5) is 0 Å².